The number of likely N-dealkylation sites (N-methyl/N-ethyl adjacent to an activating group) is 1. The molecule has 1 aromatic rings. The average molecular weight is 428 g/mol. The molecule has 6 N–H and O–H groups in total. The average Bonchev–Trinajstić information content (AvgIpc) is 2.67. The van der Waals surface area contributed by atoms with Crippen molar-refractivity contribution in [2.75, 3.05) is 14.1 Å². The van der Waals surface area contributed by atoms with Gasteiger partial charge < -0.3 is 26.2 Å². The maximum Gasteiger partial charge on any atom is 0.255 e. The van der Waals surface area contributed by atoms with Crippen molar-refractivity contribution in [1.29, 1.82) is 0 Å². The smallest absolute Gasteiger partial charge is 0.255 e. The van der Waals surface area contributed by atoms with E-state index in [0.717, 1.165) is 0 Å². The molecule has 3 aliphatic rings. The molecule has 0 spiro atoms. The minimum atomic E-state index is -1.51. The molecule has 0 aliphatic heterocycles. The number of hydrogen-bond acceptors (Lipinski definition) is 8. The van der Waals surface area contributed by atoms with Crippen LogP contribution in [0.1, 0.15) is 24.0 Å². The quantitative estimate of drug-likeness (QED) is 0.334. The number of aromatic hydroxyl groups is 1. The highest BCUT2D eigenvalue weighted by Crippen LogP contribution is 2.54. The van der Waals surface area contributed by atoms with Crippen LogP contribution in [0.4, 0.5) is 0 Å². The molecule has 0 heterocycles. The first-order valence-electron chi connectivity index (χ1n) is 9.91. The van der Waals surface area contributed by atoms with Gasteiger partial charge in [0.15, 0.2) is 11.6 Å². The molecule has 1 amide bonds. The van der Waals surface area contributed by atoms with Gasteiger partial charge in [0.2, 0.25) is 0 Å². The summed E-state index contributed by atoms with van der Waals surface area (Å²) in [7, 11) is 3.17. The molecular weight excluding hydrogens is 404 g/mol. The molecular formula is C22H24N2O7. The van der Waals surface area contributed by atoms with Crippen molar-refractivity contribution in [3.05, 3.63) is 46.2 Å². The Balaban J connectivity index is 1.99. The van der Waals surface area contributed by atoms with Crippen LogP contribution in [0.25, 0.3) is 5.76 Å². The lowest BCUT2D eigenvalue weighted by atomic mass is 9.56. The van der Waals surface area contributed by atoms with Crippen LogP contribution in [0.15, 0.2) is 35.1 Å². The number of primary amides is 1. The van der Waals surface area contributed by atoms with E-state index in [9.17, 15) is 34.8 Å². The summed E-state index contributed by atoms with van der Waals surface area (Å²) in [5.41, 5.74) is 5.11. The van der Waals surface area contributed by atoms with Crippen molar-refractivity contribution < 1.29 is 34.8 Å². The van der Waals surface area contributed by atoms with E-state index in [1.165, 1.54) is 11.0 Å². The first kappa shape index (κ1) is 21.1. The largest absolute Gasteiger partial charge is 0.510 e. The van der Waals surface area contributed by atoms with Gasteiger partial charge in [-0.3, -0.25) is 19.3 Å². The van der Waals surface area contributed by atoms with Gasteiger partial charge in [-0.2, -0.15) is 0 Å². The van der Waals surface area contributed by atoms with Crippen LogP contribution in [-0.4, -0.2) is 69.0 Å². The summed E-state index contributed by atoms with van der Waals surface area (Å²) in [5, 5.41) is 43.3. The molecule has 1 fully saturated rings. The molecule has 31 heavy (non-hydrogen) atoms. The van der Waals surface area contributed by atoms with Crippen LogP contribution in [0.2, 0.25) is 0 Å². The van der Waals surface area contributed by atoms with Gasteiger partial charge in [0.05, 0.1) is 23.6 Å². The normalized spacial score (nSPS) is 32.7. The maximum atomic E-state index is 13.6. The van der Waals surface area contributed by atoms with E-state index in [0.29, 0.717) is 5.56 Å². The standard InChI is InChI=1S/C22H24N2O7/c1-7-8-5-4-6-9(25)11(8)18(27)13-10(7)17(26)12-14(19(13)28)20(29)15(22(23)31)21(30)16(12)24(2)3/h4-7,10,12,14,16-17,25-27,30H,1-3H3,(H2,23,31)/t7-,10+,12+,14+,16-,17-/m0/s1. The maximum absolute atomic E-state index is 13.6. The number of Topliss-reactive ketones (excluding diaryl/α,β-unsaturated/α-hetero) is 2. The van der Waals surface area contributed by atoms with E-state index in [-0.39, 0.29) is 16.9 Å². The Labute approximate surface area is 178 Å². The molecule has 0 unspecified atom stereocenters. The van der Waals surface area contributed by atoms with Gasteiger partial charge >= 0.3 is 0 Å². The zero-order valence-corrected chi connectivity index (χ0v) is 17.2. The summed E-state index contributed by atoms with van der Waals surface area (Å²) < 4.78 is 0. The molecule has 1 saturated carbocycles. The Bertz CT molecular complexity index is 1090. The third-order valence-electron chi connectivity index (χ3n) is 6.86. The monoisotopic (exact) mass is 428 g/mol. The first-order valence-corrected chi connectivity index (χ1v) is 9.91. The number of fused-ring (bicyclic) bond motifs is 3. The van der Waals surface area contributed by atoms with Crippen LogP contribution in [0.5, 0.6) is 5.75 Å². The second-order valence-corrected chi connectivity index (χ2v) is 8.63. The van der Waals surface area contributed by atoms with Gasteiger partial charge in [-0.25, -0.2) is 0 Å². The lowest BCUT2D eigenvalue weighted by Crippen LogP contribution is -2.61. The number of aliphatic hydroxyl groups is 3. The SMILES string of the molecule is C[C@H]1c2cccc(O)c2C(O)=C2C(=O)[C@@H]3C(=O)C(C(N)=O)=C(O)[C@@H](N(C)C)[C@@H]3[C@@H](O)[C@@H]21. The molecule has 4 rings (SSSR count). The van der Waals surface area contributed by atoms with Crippen LogP contribution in [0.3, 0.4) is 0 Å². The van der Waals surface area contributed by atoms with Crippen LogP contribution in [0, 0.1) is 17.8 Å². The summed E-state index contributed by atoms with van der Waals surface area (Å²) in [6.45, 7) is 1.76. The molecule has 1 aromatic carbocycles. The molecule has 0 radical (unpaired) electrons. The fourth-order valence-electron chi connectivity index (χ4n) is 5.57. The van der Waals surface area contributed by atoms with E-state index in [4.69, 9.17) is 5.73 Å². The van der Waals surface area contributed by atoms with E-state index in [1.807, 2.05) is 0 Å². The first-order chi connectivity index (χ1) is 14.5. The van der Waals surface area contributed by atoms with Gasteiger partial charge in [-0.05, 0) is 31.6 Å². The van der Waals surface area contributed by atoms with Gasteiger partial charge in [0, 0.05) is 17.4 Å². The van der Waals surface area contributed by atoms with Gasteiger partial charge in [0.25, 0.3) is 5.91 Å². The molecule has 0 aromatic heterocycles. The zero-order valence-electron chi connectivity index (χ0n) is 17.2. The molecule has 6 atom stereocenters. The predicted octanol–water partition coefficient (Wildman–Crippen LogP) is 0.381. The Morgan fingerprint density at radius 1 is 1.10 bits per heavy atom. The predicted molar refractivity (Wildman–Crippen MR) is 109 cm³/mol. The summed E-state index contributed by atoms with van der Waals surface area (Å²) in [4.78, 5) is 40.1. The van der Waals surface area contributed by atoms with Gasteiger partial charge in [-0.15, -0.1) is 0 Å². The Hall–Kier alpha value is -3.17. The lowest BCUT2D eigenvalue weighted by molar-refractivity contribution is -0.143. The zero-order chi connectivity index (χ0) is 22.9. The number of ketones is 2. The Kier molecular flexibility index (Phi) is 4.71. The molecule has 0 saturated heterocycles. The number of benzene rings is 1. The summed E-state index contributed by atoms with van der Waals surface area (Å²) in [5.74, 6) is -8.11. The number of nitrogens with two attached hydrogens (primary N) is 1. The number of amides is 1. The Morgan fingerprint density at radius 2 is 1.74 bits per heavy atom. The fraction of sp³-hybridized carbons (Fsp3) is 0.409. The van der Waals surface area contributed by atoms with Gasteiger partial charge in [0.1, 0.15) is 22.8 Å². The van der Waals surface area contributed by atoms with Crippen molar-refractivity contribution in [2.24, 2.45) is 23.5 Å². The van der Waals surface area contributed by atoms with Crippen LogP contribution >= 0.6 is 0 Å². The molecule has 3 aliphatic carbocycles. The number of rotatable bonds is 2. The minimum Gasteiger partial charge on any atom is -0.510 e. The van der Waals surface area contributed by atoms with E-state index >= 15 is 0 Å². The number of carbonyl (C=O) groups excluding carboxylic acids is 3. The van der Waals surface area contributed by atoms with E-state index < -0.39 is 70.4 Å². The third-order valence-corrected chi connectivity index (χ3v) is 6.86. The topological polar surface area (TPSA) is 161 Å². The third kappa shape index (κ3) is 2.66. The number of phenols is 1. The number of carbonyl (C=O) groups is 3. The summed E-state index contributed by atoms with van der Waals surface area (Å²) in [6, 6.07) is 3.65. The molecule has 164 valence electrons. The summed E-state index contributed by atoms with van der Waals surface area (Å²) >= 11 is 0. The van der Waals surface area contributed by atoms with Crippen LogP contribution < -0.4 is 5.73 Å². The van der Waals surface area contributed by atoms with E-state index in [1.54, 1.807) is 33.2 Å². The van der Waals surface area contributed by atoms with Crippen molar-refractivity contribution >= 4 is 23.2 Å². The second kappa shape index (κ2) is 6.93. The fourth-order valence-corrected chi connectivity index (χ4v) is 5.57. The number of phenolic OH excluding ortho intramolecular Hbond substituents is 1. The molecule has 9 heteroatoms. The van der Waals surface area contributed by atoms with Crippen molar-refractivity contribution in [1.82, 2.24) is 4.90 Å². The molecule has 9 nitrogen and oxygen atoms in total. The number of aliphatic hydroxyl groups excluding tert-OH is 3. The van der Waals surface area contributed by atoms with Crippen LogP contribution in [-0.2, 0) is 14.4 Å². The number of hydrogen-bond donors (Lipinski definition) is 5. The highest BCUT2D eigenvalue weighted by Gasteiger charge is 2.60. The minimum absolute atomic E-state index is 0.0844. The number of nitrogens with zero attached hydrogens (tertiary/aromatic N) is 1. The Morgan fingerprint density at radius 3 is 2.32 bits per heavy atom. The lowest BCUT2D eigenvalue weighted by Gasteiger charge is -2.50. The van der Waals surface area contributed by atoms with Crippen molar-refractivity contribution in [3.8, 4) is 5.75 Å². The summed E-state index contributed by atoms with van der Waals surface area (Å²) in [6.07, 6.45) is -1.31. The van der Waals surface area contributed by atoms with Crippen molar-refractivity contribution in [3.63, 3.8) is 0 Å². The second-order valence-electron chi connectivity index (χ2n) is 8.63. The molecule has 0 bridgehead atoms. The highest BCUT2D eigenvalue weighted by molar-refractivity contribution is 6.28. The van der Waals surface area contributed by atoms with Crippen molar-refractivity contribution in [2.45, 2.75) is 25.0 Å². The highest BCUT2D eigenvalue weighted by atomic mass is 16.3. The van der Waals surface area contributed by atoms with Gasteiger partial charge in [-0.1, -0.05) is 19.1 Å². The van der Waals surface area contributed by atoms with E-state index in [2.05, 4.69) is 0 Å².